The Balaban J connectivity index is 3.20. The molecule has 0 unspecified atom stereocenters. The van der Waals surface area contributed by atoms with Crippen molar-refractivity contribution in [2.24, 2.45) is 5.16 Å². The van der Waals surface area contributed by atoms with E-state index >= 15 is 0 Å². The van der Waals surface area contributed by atoms with Crippen molar-refractivity contribution in [3.05, 3.63) is 39.9 Å². The Morgan fingerprint density at radius 2 is 2.14 bits per heavy atom. The number of benzene rings is 1. The van der Waals surface area contributed by atoms with Crippen LogP contribution in [0, 0.1) is 10.1 Å². The molecule has 1 aromatic carbocycles. The second kappa shape index (κ2) is 4.36. The lowest BCUT2D eigenvalue weighted by atomic mass is 10.1. The van der Waals surface area contributed by atoms with Crippen LogP contribution in [-0.2, 0) is 4.84 Å². The Morgan fingerprint density at radius 3 is 2.71 bits per heavy atom. The van der Waals surface area contributed by atoms with Gasteiger partial charge in [-0.2, -0.15) is 0 Å². The second-order valence-electron chi connectivity index (χ2n) is 2.63. The molecule has 0 radical (unpaired) electrons. The van der Waals surface area contributed by atoms with E-state index in [9.17, 15) is 10.1 Å². The van der Waals surface area contributed by atoms with E-state index in [-0.39, 0.29) is 5.69 Å². The van der Waals surface area contributed by atoms with Crippen LogP contribution >= 0.6 is 0 Å². The van der Waals surface area contributed by atoms with Crippen molar-refractivity contribution in [3.8, 4) is 0 Å². The average Bonchev–Trinajstić information content (AvgIpc) is 2.18. The van der Waals surface area contributed by atoms with E-state index in [1.165, 1.54) is 13.2 Å². The van der Waals surface area contributed by atoms with Gasteiger partial charge in [0.15, 0.2) is 0 Å². The van der Waals surface area contributed by atoms with Gasteiger partial charge in [-0.3, -0.25) is 10.1 Å². The maximum Gasteiger partial charge on any atom is 0.278 e. The van der Waals surface area contributed by atoms with E-state index in [0.717, 1.165) is 0 Å². The monoisotopic (exact) mass is 194 g/mol. The summed E-state index contributed by atoms with van der Waals surface area (Å²) in [5, 5.41) is 14.3. The SMILES string of the molecule is CON=C(C)c1ccccc1[N+](=O)[O-]. The molecule has 14 heavy (non-hydrogen) atoms. The highest BCUT2D eigenvalue weighted by Crippen LogP contribution is 2.18. The quantitative estimate of drug-likeness (QED) is 0.419. The van der Waals surface area contributed by atoms with Gasteiger partial charge in [0.05, 0.1) is 16.2 Å². The largest absolute Gasteiger partial charge is 0.399 e. The van der Waals surface area contributed by atoms with E-state index in [0.29, 0.717) is 11.3 Å². The van der Waals surface area contributed by atoms with Gasteiger partial charge in [-0.1, -0.05) is 17.3 Å². The van der Waals surface area contributed by atoms with Gasteiger partial charge < -0.3 is 4.84 Å². The molecule has 0 aliphatic carbocycles. The van der Waals surface area contributed by atoms with Gasteiger partial charge in [0.2, 0.25) is 0 Å². The fourth-order valence-corrected chi connectivity index (χ4v) is 1.12. The van der Waals surface area contributed by atoms with Gasteiger partial charge >= 0.3 is 0 Å². The van der Waals surface area contributed by atoms with E-state index in [1.54, 1.807) is 25.1 Å². The topological polar surface area (TPSA) is 64.7 Å². The summed E-state index contributed by atoms with van der Waals surface area (Å²) >= 11 is 0. The number of nitrogens with zero attached hydrogens (tertiary/aromatic N) is 2. The number of hydrogen-bond acceptors (Lipinski definition) is 4. The third-order valence-electron chi connectivity index (χ3n) is 1.72. The molecule has 0 N–H and O–H groups in total. The molecule has 1 rings (SSSR count). The van der Waals surface area contributed by atoms with E-state index < -0.39 is 4.92 Å². The molecule has 5 heteroatoms. The van der Waals surface area contributed by atoms with Crippen LogP contribution in [0.3, 0.4) is 0 Å². The fraction of sp³-hybridized carbons (Fsp3) is 0.222. The molecule has 0 amide bonds. The van der Waals surface area contributed by atoms with E-state index in [1.807, 2.05) is 0 Å². The number of nitro groups is 1. The van der Waals surface area contributed by atoms with Crippen molar-refractivity contribution < 1.29 is 9.76 Å². The van der Waals surface area contributed by atoms with E-state index in [4.69, 9.17) is 0 Å². The van der Waals surface area contributed by atoms with Gasteiger partial charge in [0.25, 0.3) is 5.69 Å². The van der Waals surface area contributed by atoms with Crippen LogP contribution in [0.25, 0.3) is 0 Å². The second-order valence-corrected chi connectivity index (χ2v) is 2.63. The zero-order valence-electron chi connectivity index (χ0n) is 7.93. The standard InChI is InChI=1S/C9H10N2O3/c1-7(10-14-2)8-5-3-4-6-9(8)11(12)13/h3-6H,1-2H3. The summed E-state index contributed by atoms with van der Waals surface area (Å²) in [6.07, 6.45) is 0. The Hall–Kier alpha value is -1.91. The molecular formula is C9H10N2O3. The lowest BCUT2D eigenvalue weighted by molar-refractivity contribution is -0.385. The molecule has 0 fully saturated rings. The Bertz CT molecular complexity index is 374. The summed E-state index contributed by atoms with van der Waals surface area (Å²) in [7, 11) is 1.40. The van der Waals surface area contributed by atoms with Crippen molar-refractivity contribution >= 4 is 11.4 Å². The highest BCUT2D eigenvalue weighted by atomic mass is 16.6. The van der Waals surface area contributed by atoms with Crippen LogP contribution in [0.15, 0.2) is 29.4 Å². The summed E-state index contributed by atoms with van der Waals surface area (Å²) in [5.74, 6) is 0. The fourth-order valence-electron chi connectivity index (χ4n) is 1.12. The number of oxime groups is 1. The van der Waals surface area contributed by atoms with Gasteiger partial charge in [-0.25, -0.2) is 0 Å². The summed E-state index contributed by atoms with van der Waals surface area (Å²) < 4.78 is 0. The Morgan fingerprint density at radius 1 is 1.50 bits per heavy atom. The molecule has 0 aliphatic rings. The van der Waals surface area contributed by atoms with Crippen LogP contribution in [0.4, 0.5) is 5.69 Å². The molecule has 0 bridgehead atoms. The minimum atomic E-state index is -0.440. The first kappa shape index (κ1) is 10.2. The van der Waals surface area contributed by atoms with Crippen LogP contribution in [0.2, 0.25) is 0 Å². The summed E-state index contributed by atoms with van der Waals surface area (Å²) in [5.41, 5.74) is 0.991. The first-order valence-corrected chi connectivity index (χ1v) is 3.98. The molecule has 1 aromatic rings. The summed E-state index contributed by atoms with van der Waals surface area (Å²) in [6, 6.07) is 6.40. The number of nitro benzene ring substituents is 1. The third-order valence-corrected chi connectivity index (χ3v) is 1.72. The minimum absolute atomic E-state index is 0.0331. The number of rotatable bonds is 3. The molecule has 0 spiro atoms. The van der Waals surface area contributed by atoms with Crippen LogP contribution in [0.1, 0.15) is 12.5 Å². The van der Waals surface area contributed by atoms with Gasteiger partial charge in [-0.05, 0) is 13.0 Å². The maximum absolute atomic E-state index is 10.6. The average molecular weight is 194 g/mol. The third kappa shape index (κ3) is 2.07. The molecule has 0 aromatic heterocycles. The smallest absolute Gasteiger partial charge is 0.278 e. The predicted molar refractivity (Wildman–Crippen MR) is 52.3 cm³/mol. The number of para-hydroxylation sites is 1. The first-order chi connectivity index (χ1) is 6.66. The van der Waals surface area contributed by atoms with Crippen LogP contribution < -0.4 is 0 Å². The summed E-state index contributed by atoms with van der Waals surface area (Å²) in [4.78, 5) is 14.8. The molecule has 74 valence electrons. The normalized spacial score (nSPS) is 11.1. The molecule has 0 saturated carbocycles. The zero-order valence-corrected chi connectivity index (χ0v) is 7.93. The van der Waals surface area contributed by atoms with Crippen molar-refractivity contribution in [1.82, 2.24) is 0 Å². The molecular weight excluding hydrogens is 184 g/mol. The molecule has 0 saturated heterocycles. The lowest BCUT2D eigenvalue weighted by Crippen LogP contribution is -2.01. The minimum Gasteiger partial charge on any atom is -0.399 e. The van der Waals surface area contributed by atoms with Crippen molar-refractivity contribution in [2.45, 2.75) is 6.92 Å². The van der Waals surface area contributed by atoms with Crippen molar-refractivity contribution in [1.29, 1.82) is 0 Å². The highest BCUT2D eigenvalue weighted by molar-refractivity contribution is 6.01. The van der Waals surface area contributed by atoms with Gasteiger partial charge in [-0.15, -0.1) is 0 Å². The van der Waals surface area contributed by atoms with Gasteiger partial charge in [0.1, 0.15) is 7.11 Å². The zero-order chi connectivity index (χ0) is 10.6. The van der Waals surface area contributed by atoms with Crippen molar-refractivity contribution in [2.75, 3.05) is 7.11 Å². The lowest BCUT2D eigenvalue weighted by Gasteiger charge is -2.00. The van der Waals surface area contributed by atoms with E-state index in [2.05, 4.69) is 9.99 Å². The summed E-state index contributed by atoms with van der Waals surface area (Å²) in [6.45, 7) is 1.66. The Labute approximate surface area is 81.1 Å². The van der Waals surface area contributed by atoms with Crippen molar-refractivity contribution in [3.63, 3.8) is 0 Å². The predicted octanol–water partition coefficient (Wildman–Crippen LogP) is 1.97. The highest BCUT2D eigenvalue weighted by Gasteiger charge is 2.14. The van der Waals surface area contributed by atoms with Gasteiger partial charge in [0, 0.05) is 6.07 Å². The number of hydrogen-bond donors (Lipinski definition) is 0. The van der Waals surface area contributed by atoms with Crippen LogP contribution in [0.5, 0.6) is 0 Å². The molecule has 0 heterocycles. The molecule has 0 atom stereocenters. The van der Waals surface area contributed by atoms with Crippen LogP contribution in [-0.4, -0.2) is 17.7 Å². The maximum atomic E-state index is 10.6. The first-order valence-electron chi connectivity index (χ1n) is 3.98. The molecule has 5 nitrogen and oxygen atoms in total. The molecule has 0 aliphatic heterocycles. The Kier molecular flexibility index (Phi) is 3.17.